The smallest absolute Gasteiger partial charge is 0.237 e. The molecule has 0 aromatic carbocycles. The van der Waals surface area contributed by atoms with Gasteiger partial charge in [-0.1, -0.05) is 0 Å². The van der Waals surface area contributed by atoms with Crippen molar-refractivity contribution in [1.29, 1.82) is 0 Å². The van der Waals surface area contributed by atoms with E-state index in [1.165, 1.54) is 10.4 Å². The molecule has 0 radical (unpaired) electrons. The van der Waals surface area contributed by atoms with Gasteiger partial charge in [-0.3, -0.25) is 10.1 Å². The molecule has 3 nitrogen and oxygen atoms in total. The van der Waals surface area contributed by atoms with E-state index in [9.17, 15) is 4.79 Å². The topological polar surface area (TPSA) is 41.1 Å². The van der Waals surface area contributed by atoms with Gasteiger partial charge in [-0.2, -0.15) is 0 Å². The van der Waals surface area contributed by atoms with E-state index in [1.54, 1.807) is 11.3 Å². The van der Waals surface area contributed by atoms with E-state index in [1.807, 2.05) is 27.7 Å². The summed E-state index contributed by atoms with van der Waals surface area (Å²) in [6.45, 7) is 12.1. The van der Waals surface area contributed by atoms with Gasteiger partial charge in [0.05, 0.1) is 6.04 Å². The van der Waals surface area contributed by atoms with Crippen LogP contribution in [0.25, 0.3) is 0 Å². The molecule has 2 unspecified atom stereocenters. The number of hydrogen-bond acceptors (Lipinski definition) is 3. The fourth-order valence-corrected chi connectivity index (χ4v) is 2.78. The van der Waals surface area contributed by atoms with Crippen LogP contribution in [0.4, 0.5) is 0 Å². The second-order valence-corrected chi connectivity index (χ2v) is 6.76. The molecule has 18 heavy (non-hydrogen) atoms. The third-order valence-corrected chi connectivity index (χ3v) is 3.89. The Kier molecular flexibility index (Phi) is 4.93. The Balaban J connectivity index is 2.57. The van der Waals surface area contributed by atoms with Crippen LogP contribution in [0, 0.1) is 6.92 Å². The van der Waals surface area contributed by atoms with Gasteiger partial charge in [-0.05, 0) is 58.6 Å². The molecule has 4 heteroatoms. The second kappa shape index (κ2) is 5.85. The number of rotatable bonds is 4. The molecule has 1 aromatic rings. The van der Waals surface area contributed by atoms with Gasteiger partial charge in [-0.25, -0.2) is 0 Å². The minimum Gasteiger partial charge on any atom is -0.350 e. The summed E-state index contributed by atoms with van der Waals surface area (Å²) >= 11 is 1.73. The Morgan fingerprint density at radius 3 is 2.39 bits per heavy atom. The number of thiophene rings is 1. The van der Waals surface area contributed by atoms with Gasteiger partial charge in [0.1, 0.15) is 0 Å². The van der Waals surface area contributed by atoms with Crippen molar-refractivity contribution in [3.63, 3.8) is 0 Å². The van der Waals surface area contributed by atoms with Gasteiger partial charge in [0.15, 0.2) is 0 Å². The third-order valence-electron chi connectivity index (χ3n) is 2.69. The van der Waals surface area contributed by atoms with Crippen LogP contribution in [0.1, 0.15) is 51.1 Å². The third kappa shape index (κ3) is 4.42. The first-order valence-electron chi connectivity index (χ1n) is 6.33. The Labute approximate surface area is 114 Å². The van der Waals surface area contributed by atoms with Crippen molar-refractivity contribution in [3.05, 3.63) is 21.9 Å². The number of amides is 1. The van der Waals surface area contributed by atoms with E-state index in [0.29, 0.717) is 0 Å². The summed E-state index contributed by atoms with van der Waals surface area (Å²) in [5.74, 6) is 0.0450. The predicted molar refractivity (Wildman–Crippen MR) is 78.0 cm³/mol. The highest BCUT2D eigenvalue weighted by molar-refractivity contribution is 7.10. The van der Waals surface area contributed by atoms with Crippen LogP contribution in [0.2, 0.25) is 0 Å². The summed E-state index contributed by atoms with van der Waals surface area (Å²) in [6.07, 6.45) is 0. The molecule has 0 aliphatic heterocycles. The lowest BCUT2D eigenvalue weighted by Gasteiger charge is -2.25. The largest absolute Gasteiger partial charge is 0.350 e. The zero-order chi connectivity index (χ0) is 13.9. The van der Waals surface area contributed by atoms with Crippen LogP contribution in [0.3, 0.4) is 0 Å². The summed E-state index contributed by atoms with van der Waals surface area (Å²) < 4.78 is 0. The zero-order valence-corrected chi connectivity index (χ0v) is 12.9. The van der Waals surface area contributed by atoms with E-state index in [2.05, 4.69) is 35.9 Å². The van der Waals surface area contributed by atoms with Crippen LogP contribution in [-0.4, -0.2) is 17.5 Å². The van der Waals surface area contributed by atoms with Crippen molar-refractivity contribution < 1.29 is 4.79 Å². The Morgan fingerprint density at radius 2 is 1.94 bits per heavy atom. The minimum absolute atomic E-state index is 0.0450. The molecule has 0 bridgehead atoms. The van der Waals surface area contributed by atoms with Gasteiger partial charge >= 0.3 is 0 Å². The molecule has 0 saturated carbocycles. The van der Waals surface area contributed by atoms with Crippen LogP contribution in [0.15, 0.2) is 11.4 Å². The fourth-order valence-electron chi connectivity index (χ4n) is 1.83. The molecule has 102 valence electrons. The molecule has 2 N–H and O–H groups in total. The minimum atomic E-state index is -0.194. The van der Waals surface area contributed by atoms with Gasteiger partial charge in [-0.15, -0.1) is 11.3 Å². The summed E-state index contributed by atoms with van der Waals surface area (Å²) in [5.41, 5.74) is 1.10. The molecular formula is C14H24N2OS. The number of carbonyl (C=O) groups excluding carboxylic acids is 1. The molecule has 1 amide bonds. The lowest BCUT2D eigenvalue weighted by molar-refractivity contribution is -0.124. The highest BCUT2D eigenvalue weighted by Crippen LogP contribution is 2.23. The van der Waals surface area contributed by atoms with Crippen molar-refractivity contribution in [2.45, 2.75) is 59.2 Å². The van der Waals surface area contributed by atoms with Gasteiger partial charge in [0.2, 0.25) is 5.91 Å². The number of hydrogen-bond donors (Lipinski definition) is 2. The molecular weight excluding hydrogens is 244 g/mol. The number of nitrogens with one attached hydrogen (secondary N) is 2. The maximum Gasteiger partial charge on any atom is 0.237 e. The maximum atomic E-state index is 12.0. The summed E-state index contributed by atoms with van der Waals surface area (Å²) in [4.78, 5) is 13.3. The molecule has 0 saturated heterocycles. The SMILES string of the molecule is Cc1ccsc1C(C)NC(C)C(=O)NC(C)(C)C. The van der Waals surface area contributed by atoms with Crippen LogP contribution in [0.5, 0.6) is 0 Å². The van der Waals surface area contributed by atoms with Crippen LogP contribution < -0.4 is 10.6 Å². The van der Waals surface area contributed by atoms with E-state index >= 15 is 0 Å². The highest BCUT2D eigenvalue weighted by atomic mass is 32.1. The fraction of sp³-hybridized carbons (Fsp3) is 0.643. The molecule has 1 heterocycles. The predicted octanol–water partition coefficient (Wildman–Crippen LogP) is 3.01. The maximum absolute atomic E-state index is 12.0. The monoisotopic (exact) mass is 268 g/mol. The number of aryl methyl sites for hydroxylation is 1. The van der Waals surface area contributed by atoms with E-state index in [-0.39, 0.29) is 23.5 Å². The van der Waals surface area contributed by atoms with E-state index in [4.69, 9.17) is 0 Å². The average molecular weight is 268 g/mol. The first-order valence-corrected chi connectivity index (χ1v) is 7.21. The van der Waals surface area contributed by atoms with Crippen molar-refractivity contribution in [2.24, 2.45) is 0 Å². The van der Waals surface area contributed by atoms with Crippen molar-refractivity contribution in [1.82, 2.24) is 10.6 Å². The Morgan fingerprint density at radius 1 is 1.33 bits per heavy atom. The zero-order valence-electron chi connectivity index (χ0n) is 12.1. The Hall–Kier alpha value is -0.870. The molecule has 0 fully saturated rings. The second-order valence-electron chi connectivity index (χ2n) is 5.82. The van der Waals surface area contributed by atoms with Crippen LogP contribution >= 0.6 is 11.3 Å². The summed E-state index contributed by atoms with van der Waals surface area (Å²) in [5, 5.41) is 8.42. The molecule has 2 atom stereocenters. The van der Waals surface area contributed by atoms with E-state index in [0.717, 1.165) is 0 Å². The van der Waals surface area contributed by atoms with Gasteiger partial charge in [0, 0.05) is 16.5 Å². The first-order chi connectivity index (χ1) is 8.20. The Bertz CT molecular complexity index is 406. The first kappa shape index (κ1) is 15.2. The highest BCUT2D eigenvalue weighted by Gasteiger charge is 2.21. The average Bonchev–Trinajstić information content (AvgIpc) is 2.61. The molecule has 1 aromatic heterocycles. The number of carbonyl (C=O) groups is 1. The van der Waals surface area contributed by atoms with Crippen molar-refractivity contribution in [2.75, 3.05) is 0 Å². The quantitative estimate of drug-likeness (QED) is 0.881. The standard InChI is InChI=1S/C14H24N2OS/c1-9-7-8-18-12(9)10(2)15-11(3)13(17)16-14(4,5)6/h7-8,10-11,15H,1-6H3,(H,16,17). The van der Waals surface area contributed by atoms with Gasteiger partial charge < -0.3 is 5.32 Å². The lowest BCUT2D eigenvalue weighted by atomic mass is 10.1. The van der Waals surface area contributed by atoms with Gasteiger partial charge in [0.25, 0.3) is 0 Å². The summed E-state index contributed by atoms with van der Waals surface area (Å²) in [7, 11) is 0. The molecule has 0 aliphatic carbocycles. The normalized spacial score (nSPS) is 15.2. The summed E-state index contributed by atoms with van der Waals surface area (Å²) in [6, 6.07) is 2.12. The van der Waals surface area contributed by atoms with Crippen LogP contribution in [-0.2, 0) is 4.79 Å². The molecule has 1 rings (SSSR count). The van der Waals surface area contributed by atoms with Crippen molar-refractivity contribution >= 4 is 17.2 Å². The lowest BCUT2D eigenvalue weighted by Crippen LogP contribution is -2.49. The van der Waals surface area contributed by atoms with E-state index < -0.39 is 0 Å². The molecule has 0 aliphatic rings. The van der Waals surface area contributed by atoms with Crippen molar-refractivity contribution in [3.8, 4) is 0 Å². The molecule has 0 spiro atoms.